The lowest BCUT2D eigenvalue weighted by Crippen LogP contribution is -2.04. The van der Waals surface area contributed by atoms with Gasteiger partial charge in [0.05, 0.1) is 0 Å². The maximum Gasteiger partial charge on any atom is 0.222 e. The molecule has 6 heteroatoms. The van der Waals surface area contributed by atoms with Crippen LogP contribution in [-0.4, -0.2) is 9.97 Å². The Balaban J connectivity index is 3.25. The van der Waals surface area contributed by atoms with Gasteiger partial charge in [0.2, 0.25) is 5.95 Å². The molecule has 0 amide bonds. The molecule has 0 aromatic carbocycles. The summed E-state index contributed by atoms with van der Waals surface area (Å²) in [6, 6.07) is 0. The van der Waals surface area contributed by atoms with Crippen molar-refractivity contribution in [2.24, 2.45) is 5.73 Å². The topological polar surface area (TPSA) is 77.8 Å². The maximum absolute atomic E-state index is 5.64. The Kier molecular flexibility index (Phi) is 2.49. The average Bonchev–Trinajstić information content (AvgIpc) is 1.85. The lowest BCUT2D eigenvalue weighted by atomic mass is 10.3. The molecular weight excluding hydrogens is 187 g/mol. The molecule has 0 saturated heterocycles. The molecule has 1 heterocycles. The Hall–Kier alpha value is -0.580. The summed E-state index contributed by atoms with van der Waals surface area (Å²) >= 11 is 11.3. The fraction of sp³-hybridized carbons (Fsp3) is 0.200. The Morgan fingerprint density at radius 1 is 1.18 bits per heavy atom. The van der Waals surface area contributed by atoms with Crippen molar-refractivity contribution in [3.8, 4) is 0 Å². The third kappa shape index (κ3) is 1.71. The summed E-state index contributed by atoms with van der Waals surface area (Å²) in [5.74, 6) is 0.0530. The zero-order valence-corrected chi connectivity index (χ0v) is 7.02. The summed E-state index contributed by atoms with van der Waals surface area (Å²) in [6.07, 6.45) is 0. The summed E-state index contributed by atoms with van der Waals surface area (Å²) < 4.78 is 0. The van der Waals surface area contributed by atoms with Crippen molar-refractivity contribution < 1.29 is 0 Å². The van der Waals surface area contributed by atoms with Crippen LogP contribution in [-0.2, 0) is 6.54 Å². The highest BCUT2D eigenvalue weighted by atomic mass is 35.5. The first-order chi connectivity index (χ1) is 5.15. The predicted molar refractivity (Wildman–Crippen MR) is 44.4 cm³/mol. The molecule has 1 rings (SSSR count). The quantitative estimate of drug-likeness (QED) is 0.647. The van der Waals surface area contributed by atoms with Gasteiger partial charge in [0.15, 0.2) is 0 Å². The van der Waals surface area contributed by atoms with Gasteiger partial charge in [0.1, 0.15) is 10.3 Å². The second-order valence-corrected chi connectivity index (χ2v) is 2.56. The van der Waals surface area contributed by atoms with Crippen molar-refractivity contribution in [3.05, 3.63) is 15.9 Å². The highest BCUT2D eigenvalue weighted by Crippen LogP contribution is 2.20. The molecule has 4 nitrogen and oxygen atoms in total. The van der Waals surface area contributed by atoms with E-state index in [0.717, 1.165) is 0 Å². The third-order valence-corrected chi connectivity index (χ3v) is 1.75. The second-order valence-electron chi connectivity index (χ2n) is 1.85. The molecule has 60 valence electrons. The largest absolute Gasteiger partial charge is 0.368 e. The highest BCUT2D eigenvalue weighted by Gasteiger charge is 2.07. The van der Waals surface area contributed by atoms with Crippen LogP contribution in [0.1, 0.15) is 5.56 Å². The Morgan fingerprint density at radius 2 is 1.64 bits per heavy atom. The van der Waals surface area contributed by atoms with Crippen molar-refractivity contribution in [3.63, 3.8) is 0 Å². The van der Waals surface area contributed by atoms with Crippen LogP contribution in [0.15, 0.2) is 0 Å². The van der Waals surface area contributed by atoms with Crippen molar-refractivity contribution in [1.29, 1.82) is 0 Å². The van der Waals surface area contributed by atoms with Crippen LogP contribution >= 0.6 is 23.2 Å². The molecule has 0 atom stereocenters. The van der Waals surface area contributed by atoms with Gasteiger partial charge in [-0.05, 0) is 0 Å². The molecular formula is C5H6Cl2N4. The van der Waals surface area contributed by atoms with E-state index in [4.69, 9.17) is 34.7 Å². The summed E-state index contributed by atoms with van der Waals surface area (Å²) in [7, 11) is 0. The van der Waals surface area contributed by atoms with Gasteiger partial charge in [0, 0.05) is 12.1 Å². The van der Waals surface area contributed by atoms with Crippen LogP contribution in [0.5, 0.6) is 0 Å². The highest BCUT2D eigenvalue weighted by molar-refractivity contribution is 6.34. The van der Waals surface area contributed by atoms with Crippen LogP contribution in [0.4, 0.5) is 5.95 Å². The lowest BCUT2D eigenvalue weighted by Gasteiger charge is -2.01. The summed E-state index contributed by atoms with van der Waals surface area (Å²) in [5, 5.41) is 0.426. The molecule has 0 aliphatic rings. The molecule has 1 aromatic heterocycles. The minimum absolute atomic E-state index is 0.0530. The smallest absolute Gasteiger partial charge is 0.222 e. The molecule has 0 spiro atoms. The van der Waals surface area contributed by atoms with Crippen LogP contribution in [0.25, 0.3) is 0 Å². The minimum Gasteiger partial charge on any atom is -0.368 e. The van der Waals surface area contributed by atoms with Gasteiger partial charge < -0.3 is 11.5 Å². The number of aromatic nitrogens is 2. The number of nitrogen functional groups attached to an aromatic ring is 1. The Morgan fingerprint density at radius 3 is 2.00 bits per heavy atom. The first-order valence-corrected chi connectivity index (χ1v) is 3.58. The third-order valence-electron chi connectivity index (χ3n) is 1.13. The molecule has 0 fully saturated rings. The van der Waals surface area contributed by atoms with Gasteiger partial charge >= 0.3 is 0 Å². The number of hydrogen-bond donors (Lipinski definition) is 2. The molecule has 1 aromatic rings. The van der Waals surface area contributed by atoms with Crippen LogP contribution in [0, 0.1) is 0 Å². The number of nitrogens with zero attached hydrogens (tertiary/aromatic N) is 2. The normalized spacial score (nSPS) is 10.1. The fourth-order valence-electron chi connectivity index (χ4n) is 0.615. The van der Waals surface area contributed by atoms with Crippen molar-refractivity contribution in [1.82, 2.24) is 9.97 Å². The average molecular weight is 193 g/mol. The fourth-order valence-corrected chi connectivity index (χ4v) is 1.17. The summed E-state index contributed by atoms with van der Waals surface area (Å²) in [6.45, 7) is 0.206. The second kappa shape index (κ2) is 3.21. The predicted octanol–water partition coefficient (Wildman–Crippen LogP) is 0.824. The molecule has 0 aliphatic carbocycles. The molecule has 11 heavy (non-hydrogen) atoms. The van der Waals surface area contributed by atoms with Gasteiger partial charge in [-0.15, -0.1) is 0 Å². The van der Waals surface area contributed by atoms with E-state index in [9.17, 15) is 0 Å². The van der Waals surface area contributed by atoms with Crippen LogP contribution < -0.4 is 11.5 Å². The van der Waals surface area contributed by atoms with Crippen molar-refractivity contribution >= 4 is 29.2 Å². The van der Waals surface area contributed by atoms with Crippen LogP contribution in [0.3, 0.4) is 0 Å². The number of anilines is 1. The van der Waals surface area contributed by atoms with Gasteiger partial charge in [-0.3, -0.25) is 0 Å². The molecule has 0 bridgehead atoms. The van der Waals surface area contributed by atoms with E-state index in [1.165, 1.54) is 0 Å². The molecule has 0 unspecified atom stereocenters. The number of nitrogens with two attached hydrogens (primary N) is 2. The summed E-state index contributed by atoms with van der Waals surface area (Å²) in [5.41, 5.74) is 11.1. The zero-order chi connectivity index (χ0) is 8.43. The van der Waals surface area contributed by atoms with Gasteiger partial charge in [-0.1, -0.05) is 23.2 Å². The monoisotopic (exact) mass is 192 g/mol. The Labute approximate surface area is 73.5 Å². The van der Waals surface area contributed by atoms with E-state index >= 15 is 0 Å². The van der Waals surface area contributed by atoms with E-state index in [-0.39, 0.29) is 22.8 Å². The van der Waals surface area contributed by atoms with E-state index < -0.39 is 0 Å². The molecule has 0 aliphatic heterocycles. The van der Waals surface area contributed by atoms with Crippen LogP contribution in [0.2, 0.25) is 10.3 Å². The van der Waals surface area contributed by atoms with Gasteiger partial charge in [-0.2, -0.15) is 0 Å². The summed E-state index contributed by atoms with van der Waals surface area (Å²) in [4.78, 5) is 7.35. The zero-order valence-electron chi connectivity index (χ0n) is 5.51. The molecule has 0 saturated carbocycles. The first kappa shape index (κ1) is 8.52. The molecule has 0 radical (unpaired) electrons. The van der Waals surface area contributed by atoms with E-state index in [0.29, 0.717) is 5.56 Å². The maximum atomic E-state index is 5.64. The van der Waals surface area contributed by atoms with E-state index in [2.05, 4.69) is 9.97 Å². The molecule has 4 N–H and O–H groups in total. The van der Waals surface area contributed by atoms with Gasteiger partial charge in [-0.25, -0.2) is 9.97 Å². The standard InChI is InChI=1S/C5H6Cl2N4/c6-3-2(1-8)4(7)11-5(9)10-3/h1,8H2,(H2,9,10,11). The van der Waals surface area contributed by atoms with Gasteiger partial charge in [0.25, 0.3) is 0 Å². The van der Waals surface area contributed by atoms with E-state index in [1.54, 1.807) is 0 Å². The van der Waals surface area contributed by atoms with Crippen molar-refractivity contribution in [2.75, 3.05) is 5.73 Å². The minimum atomic E-state index is 0.0530. The Bertz CT molecular complexity index is 252. The number of halogens is 2. The van der Waals surface area contributed by atoms with Crippen molar-refractivity contribution in [2.45, 2.75) is 6.54 Å². The number of rotatable bonds is 1. The van der Waals surface area contributed by atoms with E-state index in [1.807, 2.05) is 0 Å². The SMILES string of the molecule is NCc1c(Cl)nc(N)nc1Cl. The number of hydrogen-bond acceptors (Lipinski definition) is 4. The lowest BCUT2D eigenvalue weighted by molar-refractivity contribution is 1.02. The first-order valence-electron chi connectivity index (χ1n) is 2.82.